The van der Waals surface area contributed by atoms with Gasteiger partial charge >= 0.3 is 0 Å². The molecule has 11 heavy (non-hydrogen) atoms. The van der Waals surface area contributed by atoms with E-state index in [9.17, 15) is 0 Å². The lowest BCUT2D eigenvalue weighted by Gasteiger charge is -1.88. The highest BCUT2D eigenvalue weighted by atomic mass is 15.2. The summed E-state index contributed by atoms with van der Waals surface area (Å²) in [6.45, 7) is 0. The summed E-state index contributed by atoms with van der Waals surface area (Å²) in [6.07, 6.45) is 6.33. The van der Waals surface area contributed by atoms with E-state index in [0.717, 1.165) is 0 Å². The van der Waals surface area contributed by atoms with Crippen LogP contribution in [0.1, 0.15) is 0 Å². The first kappa shape index (κ1) is 5.96. The van der Waals surface area contributed by atoms with E-state index in [2.05, 4.69) is 25.1 Å². The zero-order valence-corrected chi connectivity index (χ0v) is 5.60. The van der Waals surface area contributed by atoms with Gasteiger partial charge in [0.15, 0.2) is 0 Å². The summed E-state index contributed by atoms with van der Waals surface area (Å²) in [6, 6.07) is 0. The first-order chi connectivity index (χ1) is 5.47. The van der Waals surface area contributed by atoms with Crippen molar-refractivity contribution < 1.29 is 0 Å². The van der Waals surface area contributed by atoms with Crippen molar-refractivity contribution in [2.24, 2.45) is 0 Å². The highest BCUT2D eigenvalue weighted by Gasteiger charge is 1.99. The van der Waals surface area contributed by atoms with E-state index in [1.165, 1.54) is 6.33 Å². The third kappa shape index (κ3) is 1.07. The maximum Gasteiger partial charge on any atom is 0.201 e. The molecule has 2 rings (SSSR count). The Labute approximate surface area is 62.5 Å². The number of nitrogens with zero attached hydrogens (tertiary/aromatic N) is 4. The van der Waals surface area contributed by atoms with E-state index in [0.29, 0.717) is 11.5 Å². The topological polar surface area (TPSA) is 67.3 Å². The van der Waals surface area contributed by atoms with Crippen LogP contribution in [0.15, 0.2) is 24.9 Å². The zero-order valence-electron chi connectivity index (χ0n) is 5.60. The molecule has 0 bridgehead atoms. The summed E-state index contributed by atoms with van der Waals surface area (Å²) >= 11 is 0. The molecular formula is C6H5N5. The molecule has 2 aromatic rings. The van der Waals surface area contributed by atoms with Crippen molar-refractivity contribution in [3.8, 4) is 11.5 Å². The molecule has 0 aliphatic carbocycles. The van der Waals surface area contributed by atoms with Crippen molar-refractivity contribution >= 4 is 0 Å². The van der Waals surface area contributed by atoms with E-state index in [1.54, 1.807) is 18.6 Å². The first-order valence-corrected chi connectivity index (χ1v) is 3.09. The van der Waals surface area contributed by atoms with Crippen molar-refractivity contribution in [3.05, 3.63) is 24.9 Å². The van der Waals surface area contributed by atoms with Crippen LogP contribution in [0.25, 0.3) is 11.5 Å². The van der Waals surface area contributed by atoms with Gasteiger partial charge in [0.1, 0.15) is 12.0 Å². The third-order valence-electron chi connectivity index (χ3n) is 1.21. The van der Waals surface area contributed by atoms with Crippen LogP contribution in [-0.4, -0.2) is 25.1 Å². The summed E-state index contributed by atoms with van der Waals surface area (Å²) in [5.41, 5.74) is 0.675. The number of hydrogen-bond donors (Lipinski definition) is 1. The van der Waals surface area contributed by atoms with Crippen molar-refractivity contribution in [3.63, 3.8) is 0 Å². The molecule has 0 aliphatic rings. The van der Waals surface area contributed by atoms with Gasteiger partial charge in [0.2, 0.25) is 5.82 Å². The minimum absolute atomic E-state index is 0.568. The summed E-state index contributed by atoms with van der Waals surface area (Å²) < 4.78 is 0. The molecule has 0 unspecified atom stereocenters. The smallest absolute Gasteiger partial charge is 0.201 e. The van der Waals surface area contributed by atoms with Crippen LogP contribution in [0, 0.1) is 0 Å². The van der Waals surface area contributed by atoms with Crippen LogP contribution >= 0.6 is 0 Å². The number of nitrogens with one attached hydrogen (secondary N) is 1. The van der Waals surface area contributed by atoms with Crippen molar-refractivity contribution in [2.75, 3.05) is 0 Å². The maximum absolute atomic E-state index is 4.01. The Hall–Kier alpha value is -1.78. The van der Waals surface area contributed by atoms with Gasteiger partial charge in [0.05, 0.1) is 6.20 Å². The molecule has 0 fully saturated rings. The standard InChI is InChI=1S/C6H5N5/c1-2-8-5(3-7-1)6-9-4-10-11-6/h1-4H,(H,9,10,11). The van der Waals surface area contributed by atoms with E-state index in [-0.39, 0.29) is 0 Å². The maximum atomic E-state index is 4.01. The number of hydrogen-bond acceptors (Lipinski definition) is 4. The van der Waals surface area contributed by atoms with Crippen molar-refractivity contribution in [2.45, 2.75) is 0 Å². The van der Waals surface area contributed by atoms with Gasteiger partial charge in [0.25, 0.3) is 0 Å². The minimum atomic E-state index is 0.568. The van der Waals surface area contributed by atoms with Gasteiger partial charge in [-0.1, -0.05) is 0 Å². The Morgan fingerprint density at radius 2 is 2.18 bits per heavy atom. The lowest BCUT2D eigenvalue weighted by Crippen LogP contribution is -1.85. The highest BCUT2D eigenvalue weighted by Crippen LogP contribution is 2.05. The number of H-pyrrole nitrogens is 1. The molecule has 0 aliphatic heterocycles. The first-order valence-electron chi connectivity index (χ1n) is 3.09. The predicted octanol–water partition coefficient (Wildman–Crippen LogP) is 0.262. The molecular weight excluding hydrogens is 142 g/mol. The van der Waals surface area contributed by atoms with Crippen LogP contribution < -0.4 is 0 Å². The molecule has 0 saturated heterocycles. The van der Waals surface area contributed by atoms with Gasteiger partial charge in [-0.3, -0.25) is 10.1 Å². The summed E-state index contributed by atoms with van der Waals surface area (Å²) in [5, 5.41) is 6.45. The summed E-state index contributed by atoms with van der Waals surface area (Å²) in [5.74, 6) is 0.568. The lowest BCUT2D eigenvalue weighted by atomic mass is 10.4. The van der Waals surface area contributed by atoms with Gasteiger partial charge in [-0.15, -0.1) is 0 Å². The quantitative estimate of drug-likeness (QED) is 0.628. The fourth-order valence-corrected chi connectivity index (χ4v) is 0.747. The average molecular weight is 147 g/mol. The van der Waals surface area contributed by atoms with Crippen molar-refractivity contribution in [1.82, 2.24) is 25.1 Å². The van der Waals surface area contributed by atoms with Gasteiger partial charge in [-0.05, 0) is 0 Å². The van der Waals surface area contributed by atoms with Crippen LogP contribution in [0.5, 0.6) is 0 Å². The Morgan fingerprint density at radius 1 is 1.18 bits per heavy atom. The molecule has 54 valence electrons. The zero-order chi connectivity index (χ0) is 7.52. The van der Waals surface area contributed by atoms with E-state index in [1.807, 2.05) is 0 Å². The molecule has 2 heterocycles. The average Bonchev–Trinajstić information content (AvgIpc) is 2.58. The second-order valence-electron chi connectivity index (χ2n) is 1.91. The molecule has 0 amide bonds. The molecule has 2 aromatic heterocycles. The fourth-order valence-electron chi connectivity index (χ4n) is 0.747. The summed E-state index contributed by atoms with van der Waals surface area (Å²) in [4.78, 5) is 11.8. The molecule has 0 spiro atoms. The number of aromatic amines is 1. The lowest BCUT2D eigenvalue weighted by molar-refractivity contribution is 1.08. The molecule has 5 heteroatoms. The van der Waals surface area contributed by atoms with Crippen LogP contribution in [0.4, 0.5) is 0 Å². The Bertz CT molecular complexity index is 314. The largest absolute Gasteiger partial charge is 0.265 e. The minimum Gasteiger partial charge on any atom is -0.265 e. The summed E-state index contributed by atoms with van der Waals surface area (Å²) in [7, 11) is 0. The fraction of sp³-hybridized carbons (Fsp3) is 0. The molecule has 1 N–H and O–H groups in total. The Kier molecular flexibility index (Phi) is 1.33. The second-order valence-corrected chi connectivity index (χ2v) is 1.91. The highest BCUT2D eigenvalue weighted by molar-refractivity contribution is 5.44. The van der Waals surface area contributed by atoms with Crippen LogP contribution in [-0.2, 0) is 0 Å². The molecule has 0 aromatic carbocycles. The van der Waals surface area contributed by atoms with Gasteiger partial charge in [0, 0.05) is 12.4 Å². The van der Waals surface area contributed by atoms with E-state index in [4.69, 9.17) is 0 Å². The van der Waals surface area contributed by atoms with Gasteiger partial charge < -0.3 is 0 Å². The normalized spacial score (nSPS) is 9.82. The number of rotatable bonds is 1. The van der Waals surface area contributed by atoms with E-state index < -0.39 is 0 Å². The van der Waals surface area contributed by atoms with Crippen molar-refractivity contribution in [1.29, 1.82) is 0 Å². The second kappa shape index (κ2) is 2.45. The monoisotopic (exact) mass is 147 g/mol. The van der Waals surface area contributed by atoms with E-state index >= 15 is 0 Å². The van der Waals surface area contributed by atoms with Gasteiger partial charge in [-0.25, -0.2) is 9.97 Å². The Balaban J connectivity index is 2.46. The molecule has 0 saturated carbocycles. The predicted molar refractivity (Wildman–Crippen MR) is 37.4 cm³/mol. The van der Waals surface area contributed by atoms with Crippen LogP contribution in [0.2, 0.25) is 0 Å². The molecule has 0 radical (unpaired) electrons. The SMILES string of the molecule is c1cnc(-c2nc[nH]n2)cn1. The Morgan fingerprint density at radius 3 is 2.82 bits per heavy atom. The van der Waals surface area contributed by atoms with Crippen LogP contribution in [0.3, 0.4) is 0 Å². The molecule has 0 atom stereocenters. The number of aromatic nitrogens is 5. The molecule has 5 nitrogen and oxygen atoms in total. The van der Waals surface area contributed by atoms with Gasteiger partial charge in [-0.2, -0.15) is 5.10 Å². The third-order valence-corrected chi connectivity index (χ3v) is 1.21.